The molecule has 0 aromatic carbocycles. The van der Waals surface area contributed by atoms with Crippen LogP contribution in [0.1, 0.15) is 44.9 Å². The molecule has 3 unspecified atom stereocenters. The molecule has 3 fully saturated rings. The highest BCUT2D eigenvalue weighted by molar-refractivity contribution is 5.79. The van der Waals surface area contributed by atoms with Gasteiger partial charge in [0.05, 0.1) is 5.41 Å². The van der Waals surface area contributed by atoms with E-state index in [-0.39, 0.29) is 12.6 Å². The van der Waals surface area contributed by atoms with Crippen molar-refractivity contribution in [2.75, 3.05) is 6.54 Å². The summed E-state index contributed by atoms with van der Waals surface area (Å²) in [6, 6.07) is 0.117. The zero-order chi connectivity index (χ0) is 13.5. The Bertz CT molecular complexity index is 392. The highest BCUT2D eigenvalue weighted by Crippen LogP contribution is 2.44. The lowest BCUT2D eigenvalue weighted by atomic mass is 9.69. The number of carbonyl (C=O) groups is 2. The molecular formula is C14H22N2O3. The number of hydrogen-bond donors (Lipinski definition) is 3. The number of carboxylic acid groups (broad SMARTS) is 1. The smallest absolute Gasteiger partial charge is 0.315 e. The van der Waals surface area contributed by atoms with Gasteiger partial charge in [-0.3, -0.25) is 4.79 Å². The van der Waals surface area contributed by atoms with Gasteiger partial charge in [-0.15, -0.1) is 0 Å². The van der Waals surface area contributed by atoms with Crippen LogP contribution in [0.4, 0.5) is 4.79 Å². The molecule has 3 aliphatic rings. The number of hydrogen-bond acceptors (Lipinski definition) is 2. The van der Waals surface area contributed by atoms with Gasteiger partial charge in [-0.2, -0.15) is 0 Å². The second kappa shape index (κ2) is 4.69. The second-order valence-corrected chi connectivity index (χ2v) is 6.55. The molecule has 3 atom stereocenters. The number of amides is 2. The van der Waals surface area contributed by atoms with E-state index in [1.165, 1.54) is 19.3 Å². The monoisotopic (exact) mass is 266 g/mol. The average Bonchev–Trinajstić information content (AvgIpc) is 2.88. The van der Waals surface area contributed by atoms with Crippen LogP contribution in [-0.2, 0) is 4.79 Å². The highest BCUT2D eigenvalue weighted by Gasteiger charge is 2.45. The summed E-state index contributed by atoms with van der Waals surface area (Å²) < 4.78 is 0. The van der Waals surface area contributed by atoms with E-state index in [0.29, 0.717) is 24.8 Å². The van der Waals surface area contributed by atoms with Crippen LogP contribution in [0.5, 0.6) is 0 Å². The molecule has 0 aliphatic heterocycles. The van der Waals surface area contributed by atoms with Gasteiger partial charge in [0.25, 0.3) is 0 Å². The maximum absolute atomic E-state index is 11.9. The standard InChI is InChI=1S/C14H22N2O3/c17-12(18)14(4-1-5-14)8-15-13(19)16-11-7-9-2-3-10(11)6-9/h9-11H,1-8H2,(H,17,18)(H2,15,16,19). The minimum absolute atomic E-state index is 0.190. The second-order valence-electron chi connectivity index (χ2n) is 6.55. The Labute approximate surface area is 113 Å². The van der Waals surface area contributed by atoms with Crippen molar-refractivity contribution in [3.8, 4) is 0 Å². The van der Waals surface area contributed by atoms with Gasteiger partial charge in [-0.25, -0.2) is 4.79 Å². The van der Waals surface area contributed by atoms with E-state index < -0.39 is 11.4 Å². The summed E-state index contributed by atoms with van der Waals surface area (Å²) in [4.78, 5) is 23.1. The first-order chi connectivity index (χ1) is 9.09. The number of aliphatic carboxylic acids is 1. The fourth-order valence-electron chi connectivity index (χ4n) is 3.96. The molecule has 3 aliphatic carbocycles. The summed E-state index contributed by atoms with van der Waals surface area (Å²) in [6.07, 6.45) is 7.20. The topological polar surface area (TPSA) is 78.4 Å². The van der Waals surface area contributed by atoms with Crippen LogP contribution in [0.2, 0.25) is 0 Å². The molecule has 2 amide bonds. The van der Waals surface area contributed by atoms with Crippen LogP contribution in [-0.4, -0.2) is 29.7 Å². The summed E-state index contributed by atoms with van der Waals surface area (Å²) in [7, 11) is 0. The van der Waals surface area contributed by atoms with Gasteiger partial charge in [0, 0.05) is 12.6 Å². The Kier molecular flexibility index (Phi) is 3.15. The van der Waals surface area contributed by atoms with Crippen LogP contribution in [0, 0.1) is 17.3 Å². The Balaban J connectivity index is 1.45. The van der Waals surface area contributed by atoms with Crippen LogP contribution in [0.15, 0.2) is 0 Å². The molecule has 0 aromatic rings. The minimum atomic E-state index is -0.779. The molecule has 2 bridgehead atoms. The van der Waals surface area contributed by atoms with Crippen LogP contribution >= 0.6 is 0 Å². The summed E-state index contributed by atoms with van der Waals surface area (Å²) in [5, 5.41) is 15.0. The van der Waals surface area contributed by atoms with Crippen molar-refractivity contribution in [2.45, 2.75) is 51.0 Å². The van der Waals surface area contributed by atoms with Crippen molar-refractivity contribution in [3.05, 3.63) is 0 Å². The van der Waals surface area contributed by atoms with Gasteiger partial charge in [0.2, 0.25) is 0 Å². The molecule has 0 radical (unpaired) electrons. The quantitative estimate of drug-likeness (QED) is 0.725. The molecule has 5 nitrogen and oxygen atoms in total. The molecule has 0 spiro atoms. The van der Waals surface area contributed by atoms with Gasteiger partial charge in [-0.05, 0) is 43.9 Å². The lowest BCUT2D eigenvalue weighted by Crippen LogP contribution is -2.51. The van der Waals surface area contributed by atoms with E-state index in [4.69, 9.17) is 0 Å². The van der Waals surface area contributed by atoms with Crippen molar-refractivity contribution in [2.24, 2.45) is 17.3 Å². The molecule has 19 heavy (non-hydrogen) atoms. The number of nitrogens with one attached hydrogen (secondary N) is 2. The van der Waals surface area contributed by atoms with Crippen LogP contribution in [0.3, 0.4) is 0 Å². The van der Waals surface area contributed by atoms with E-state index in [9.17, 15) is 14.7 Å². The van der Waals surface area contributed by atoms with E-state index in [1.807, 2.05) is 0 Å². The summed E-state index contributed by atoms with van der Waals surface area (Å²) >= 11 is 0. The fourth-order valence-corrected chi connectivity index (χ4v) is 3.96. The van der Waals surface area contributed by atoms with Crippen molar-refractivity contribution < 1.29 is 14.7 Å². The minimum Gasteiger partial charge on any atom is -0.481 e. The molecule has 106 valence electrons. The van der Waals surface area contributed by atoms with Gasteiger partial charge in [0.1, 0.15) is 0 Å². The zero-order valence-electron chi connectivity index (χ0n) is 11.2. The molecule has 3 saturated carbocycles. The largest absolute Gasteiger partial charge is 0.481 e. The molecule has 0 heterocycles. The molecule has 0 aromatic heterocycles. The normalized spacial score (nSPS) is 34.6. The van der Waals surface area contributed by atoms with Crippen molar-refractivity contribution in [1.29, 1.82) is 0 Å². The maximum atomic E-state index is 11.9. The van der Waals surface area contributed by atoms with Crippen LogP contribution in [0.25, 0.3) is 0 Å². The van der Waals surface area contributed by atoms with E-state index >= 15 is 0 Å². The van der Waals surface area contributed by atoms with Gasteiger partial charge in [-0.1, -0.05) is 12.8 Å². The molecule has 3 rings (SSSR count). The molecule has 0 saturated heterocycles. The van der Waals surface area contributed by atoms with Gasteiger partial charge < -0.3 is 15.7 Å². The number of carboxylic acids is 1. The van der Waals surface area contributed by atoms with Crippen molar-refractivity contribution in [1.82, 2.24) is 10.6 Å². The molecule has 5 heteroatoms. The summed E-state index contributed by atoms with van der Waals surface area (Å²) in [5.74, 6) is 0.666. The van der Waals surface area contributed by atoms with Gasteiger partial charge >= 0.3 is 12.0 Å². The fraction of sp³-hybridized carbons (Fsp3) is 0.857. The molecule has 3 N–H and O–H groups in total. The predicted molar refractivity (Wildman–Crippen MR) is 69.7 cm³/mol. The maximum Gasteiger partial charge on any atom is 0.315 e. The van der Waals surface area contributed by atoms with Crippen molar-refractivity contribution >= 4 is 12.0 Å². The number of fused-ring (bicyclic) bond motifs is 2. The Hall–Kier alpha value is -1.26. The summed E-state index contributed by atoms with van der Waals surface area (Å²) in [5.41, 5.74) is -0.702. The third-order valence-electron chi connectivity index (χ3n) is 5.41. The number of rotatable bonds is 4. The van der Waals surface area contributed by atoms with Crippen molar-refractivity contribution in [3.63, 3.8) is 0 Å². The molecular weight excluding hydrogens is 244 g/mol. The third kappa shape index (κ3) is 2.30. The lowest BCUT2D eigenvalue weighted by molar-refractivity contribution is -0.153. The Morgan fingerprint density at radius 2 is 2.00 bits per heavy atom. The number of urea groups is 1. The average molecular weight is 266 g/mol. The SMILES string of the molecule is O=C(NCC1(C(=O)O)CCC1)NC1CC2CCC1C2. The van der Waals surface area contributed by atoms with Crippen LogP contribution < -0.4 is 10.6 Å². The Morgan fingerprint density at radius 1 is 1.21 bits per heavy atom. The first-order valence-electron chi connectivity index (χ1n) is 7.37. The lowest BCUT2D eigenvalue weighted by Gasteiger charge is -2.37. The Morgan fingerprint density at radius 3 is 2.47 bits per heavy atom. The van der Waals surface area contributed by atoms with E-state index in [2.05, 4.69) is 10.6 Å². The highest BCUT2D eigenvalue weighted by atomic mass is 16.4. The zero-order valence-corrected chi connectivity index (χ0v) is 11.2. The summed E-state index contributed by atoms with van der Waals surface area (Å²) in [6.45, 7) is 0.259. The first-order valence-corrected chi connectivity index (χ1v) is 7.37. The van der Waals surface area contributed by atoms with Gasteiger partial charge in [0.15, 0.2) is 0 Å². The number of carbonyl (C=O) groups excluding carboxylic acids is 1. The first kappa shape index (κ1) is 12.8. The van der Waals surface area contributed by atoms with E-state index in [1.54, 1.807) is 0 Å². The predicted octanol–water partition coefficient (Wildman–Crippen LogP) is 1.73. The third-order valence-corrected chi connectivity index (χ3v) is 5.41. The van der Waals surface area contributed by atoms with E-state index in [0.717, 1.165) is 18.8 Å².